The molecule has 2 aromatic rings. The lowest BCUT2D eigenvalue weighted by Gasteiger charge is -2.02. The number of nitrogens with one attached hydrogen (secondary N) is 1. The molecule has 2 N–H and O–H groups in total. The number of aliphatic hydroxyl groups excluding tert-OH is 1. The molecule has 0 spiro atoms. The average Bonchev–Trinajstić information content (AvgIpc) is 3.06. The van der Waals surface area contributed by atoms with Gasteiger partial charge in [-0.25, -0.2) is 0 Å². The molecule has 1 aromatic heterocycles. The van der Waals surface area contributed by atoms with E-state index in [-0.39, 0.29) is 18.8 Å². The van der Waals surface area contributed by atoms with Gasteiger partial charge in [-0.1, -0.05) is 23.4 Å². The highest BCUT2D eigenvalue weighted by Crippen LogP contribution is 2.21. The molecule has 6 nitrogen and oxygen atoms in total. The van der Waals surface area contributed by atoms with Crippen LogP contribution < -0.4 is 10.1 Å². The molecule has 19 heavy (non-hydrogen) atoms. The average molecular weight is 261 g/mol. The fourth-order valence-corrected chi connectivity index (χ4v) is 2.04. The maximum Gasteiger partial charge on any atom is 0.244 e. The Morgan fingerprint density at radius 3 is 2.95 bits per heavy atom. The second kappa shape index (κ2) is 5.38. The fourth-order valence-electron chi connectivity index (χ4n) is 2.04. The van der Waals surface area contributed by atoms with Crippen LogP contribution in [0.1, 0.15) is 24.2 Å². The van der Waals surface area contributed by atoms with Gasteiger partial charge in [0.15, 0.2) is 6.61 Å². The second-order valence-electron chi connectivity index (χ2n) is 4.50. The van der Waals surface area contributed by atoms with Gasteiger partial charge in [0.2, 0.25) is 11.7 Å². The third-order valence-electron chi connectivity index (χ3n) is 3.00. The van der Waals surface area contributed by atoms with Crippen molar-refractivity contribution in [1.29, 1.82) is 0 Å². The van der Waals surface area contributed by atoms with Gasteiger partial charge in [0.25, 0.3) is 0 Å². The van der Waals surface area contributed by atoms with E-state index < -0.39 is 0 Å². The maximum atomic E-state index is 9.44. The van der Waals surface area contributed by atoms with Crippen molar-refractivity contribution < 1.29 is 14.4 Å². The summed E-state index contributed by atoms with van der Waals surface area (Å²) in [5.74, 6) is 1.77. The second-order valence-corrected chi connectivity index (χ2v) is 4.50. The first-order chi connectivity index (χ1) is 9.31. The van der Waals surface area contributed by atoms with E-state index in [0.29, 0.717) is 24.7 Å². The van der Waals surface area contributed by atoms with Crippen molar-refractivity contribution in [3.8, 4) is 5.75 Å². The Morgan fingerprint density at radius 2 is 2.21 bits per heavy atom. The fraction of sp³-hybridized carbons (Fsp3) is 0.385. The summed E-state index contributed by atoms with van der Waals surface area (Å²) < 4.78 is 10.7. The smallest absolute Gasteiger partial charge is 0.244 e. The summed E-state index contributed by atoms with van der Waals surface area (Å²) in [6, 6.07) is 9.41. The highest BCUT2D eigenvalue weighted by Gasteiger charge is 2.28. The van der Waals surface area contributed by atoms with E-state index in [1.165, 1.54) is 0 Å². The molecule has 0 amide bonds. The maximum absolute atomic E-state index is 9.44. The highest BCUT2D eigenvalue weighted by atomic mass is 16.5. The van der Waals surface area contributed by atoms with Gasteiger partial charge >= 0.3 is 0 Å². The molecule has 100 valence electrons. The molecule has 6 heteroatoms. The van der Waals surface area contributed by atoms with Crippen molar-refractivity contribution in [2.75, 3.05) is 6.54 Å². The van der Waals surface area contributed by atoms with Crippen LogP contribution in [0.25, 0.3) is 0 Å². The summed E-state index contributed by atoms with van der Waals surface area (Å²) in [7, 11) is 0. The van der Waals surface area contributed by atoms with E-state index in [9.17, 15) is 5.11 Å². The monoisotopic (exact) mass is 261 g/mol. The number of benzene rings is 1. The Hall–Kier alpha value is -1.92. The first-order valence-corrected chi connectivity index (χ1v) is 6.23. The highest BCUT2D eigenvalue weighted by molar-refractivity contribution is 5.20. The van der Waals surface area contributed by atoms with Crippen LogP contribution in [0, 0.1) is 0 Å². The summed E-state index contributed by atoms with van der Waals surface area (Å²) in [4.78, 5) is 4.27. The van der Waals surface area contributed by atoms with Crippen molar-refractivity contribution in [2.24, 2.45) is 0 Å². The van der Waals surface area contributed by atoms with E-state index in [1.54, 1.807) is 0 Å². The number of nitrogens with zero attached hydrogens (tertiary/aromatic N) is 2. The van der Waals surface area contributed by atoms with E-state index >= 15 is 0 Å². The summed E-state index contributed by atoms with van der Waals surface area (Å²) in [6.45, 7) is 0.825. The molecule has 0 aliphatic carbocycles. The van der Waals surface area contributed by atoms with Crippen LogP contribution in [-0.2, 0) is 6.61 Å². The van der Waals surface area contributed by atoms with Crippen molar-refractivity contribution in [3.63, 3.8) is 0 Å². The van der Waals surface area contributed by atoms with Gasteiger partial charge in [0, 0.05) is 6.54 Å². The Balaban J connectivity index is 1.59. The quantitative estimate of drug-likeness (QED) is 0.856. The van der Waals surface area contributed by atoms with Crippen molar-refractivity contribution in [3.05, 3.63) is 42.0 Å². The molecular weight excluding hydrogens is 246 g/mol. The third kappa shape index (κ3) is 2.91. The van der Waals surface area contributed by atoms with E-state index in [2.05, 4.69) is 15.5 Å². The Bertz CT molecular complexity index is 529. The van der Waals surface area contributed by atoms with Crippen LogP contribution in [-0.4, -0.2) is 27.9 Å². The largest absolute Gasteiger partial charge is 0.485 e. The molecule has 0 radical (unpaired) electrons. The molecule has 0 saturated carbocycles. The first kappa shape index (κ1) is 12.1. The number of hydrogen-bond donors (Lipinski definition) is 2. The minimum Gasteiger partial charge on any atom is -0.485 e. The van der Waals surface area contributed by atoms with E-state index in [1.807, 2.05) is 30.3 Å². The van der Waals surface area contributed by atoms with Gasteiger partial charge in [0.1, 0.15) is 5.75 Å². The number of rotatable bonds is 4. The SMILES string of the molecule is O[C@@H]1CN[C@H](c2nc(COc3ccccc3)no2)C1. The van der Waals surface area contributed by atoms with Crippen LogP contribution in [0.2, 0.25) is 0 Å². The molecule has 0 bridgehead atoms. The molecule has 1 saturated heterocycles. The molecule has 1 aromatic carbocycles. The zero-order chi connectivity index (χ0) is 13.1. The molecule has 2 heterocycles. The summed E-state index contributed by atoms with van der Waals surface area (Å²) in [5.41, 5.74) is 0. The number of hydrogen-bond acceptors (Lipinski definition) is 6. The van der Waals surface area contributed by atoms with Crippen molar-refractivity contribution in [1.82, 2.24) is 15.5 Å². The minimum absolute atomic E-state index is 0.0621. The normalized spacial score (nSPS) is 22.6. The van der Waals surface area contributed by atoms with Crippen molar-refractivity contribution in [2.45, 2.75) is 25.2 Å². The lowest BCUT2D eigenvalue weighted by atomic mass is 10.2. The predicted molar refractivity (Wildman–Crippen MR) is 66.4 cm³/mol. The summed E-state index contributed by atoms with van der Waals surface area (Å²) >= 11 is 0. The Labute approximate surface area is 110 Å². The third-order valence-corrected chi connectivity index (χ3v) is 3.00. The number of β-amino-alcohol motifs (C(OH)–C–C–N with tert-alkyl or cyclic N) is 1. The zero-order valence-corrected chi connectivity index (χ0v) is 10.3. The van der Waals surface area contributed by atoms with Crippen molar-refractivity contribution >= 4 is 0 Å². The lowest BCUT2D eigenvalue weighted by Crippen LogP contribution is -2.15. The predicted octanol–water partition coefficient (Wildman–Crippen LogP) is 1.04. The number of aromatic nitrogens is 2. The van der Waals surface area contributed by atoms with Gasteiger partial charge in [-0.05, 0) is 18.6 Å². The van der Waals surface area contributed by atoms with Crippen LogP contribution >= 0.6 is 0 Å². The summed E-state index contributed by atoms with van der Waals surface area (Å²) in [5, 5.41) is 16.4. The number of aliphatic hydroxyl groups is 1. The minimum atomic E-state index is -0.346. The first-order valence-electron chi connectivity index (χ1n) is 6.23. The molecular formula is C13H15N3O3. The molecule has 1 aliphatic heterocycles. The van der Waals surface area contributed by atoms with Gasteiger partial charge in [0.05, 0.1) is 12.1 Å². The van der Waals surface area contributed by atoms with Crippen LogP contribution in [0.5, 0.6) is 5.75 Å². The molecule has 1 aliphatic rings. The van der Waals surface area contributed by atoms with Gasteiger partial charge in [-0.15, -0.1) is 0 Å². The standard InChI is InChI=1S/C13H15N3O3/c17-9-6-11(14-7-9)13-15-12(16-19-13)8-18-10-4-2-1-3-5-10/h1-5,9,11,14,17H,6-8H2/t9-,11-/m0/s1. The zero-order valence-electron chi connectivity index (χ0n) is 10.3. The van der Waals surface area contributed by atoms with E-state index in [4.69, 9.17) is 9.26 Å². The van der Waals surface area contributed by atoms with E-state index in [0.717, 1.165) is 5.75 Å². The molecule has 1 fully saturated rings. The topological polar surface area (TPSA) is 80.4 Å². The van der Waals surface area contributed by atoms with Gasteiger partial charge < -0.3 is 19.7 Å². The van der Waals surface area contributed by atoms with Gasteiger partial charge in [-0.2, -0.15) is 4.98 Å². The lowest BCUT2D eigenvalue weighted by molar-refractivity contribution is 0.191. The Morgan fingerprint density at radius 1 is 1.37 bits per heavy atom. The number of para-hydroxylation sites is 1. The number of ether oxygens (including phenoxy) is 1. The molecule has 0 unspecified atom stereocenters. The molecule has 2 atom stereocenters. The summed E-state index contributed by atoms with van der Waals surface area (Å²) in [6.07, 6.45) is 0.252. The molecule has 3 rings (SSSR count). The van der Waals surface area contributed by atoms with Crippen LogP contribution in [0.15, 0.2) is 34.9 Å². The Kier molecular flexibility index (Phi) is 3.43. The van der Waals surface area contributed by atoms with Crippen LogP contribution in [0.3, 0.4) is 0 Å². The van der Waals surface area contributed by atoms with Gasteiger partial charge in [-0.3, -0.25) is 0 Å². The van der Waals surface area contributed by atoms with Crippen LogP contribution in [0.4, 0.5) is 0 Å².